The molecule has 1 heterocycles. The summed E-state index contributed by atoms with van der Waals surface area (Å²) in [7, 11) is 1.64. The van der Waals surface area contributed by atoms with Crippen LogP contribution in [0.2, 0.25) is 0 Å². The smallest absolute Gasteiger partial charge is 0.273 e. The number of amides is 1. The molecule has 6 heteroatoms. The van der Waals surface area contributed by atoms with Crippen molar-refractivity contribution >= 4 is 16.7 Å². The average molecular weight is 354 g/mol. The van der Waals surface area contributed by atoms with Crippen molar-refractivity contribution in [1.29, 1.82) is 0 Å². The van der Waals surface area contributed by atoms with Crippen molar-refractivity contribution in [1.82, 2.24) is 10.3 Å². The minimum Gasteiger partial charge on any atom is -0.497 e. The van der Waals surface area contributed by atoms with Gasteiger partial charge in [-0.1, -0.05) is 12.1 Å². The molecule has 0 aliphatic rings. The number of nitrogens with zero attached hydrogens (tertiary/aromatic N) is 1. The fraction of sp³-hybridized carbons (Fsp3) is 0.300. The van der Waals surface area contributed by atoms with Gasteiger partial charge in [-0.15, -0.1) is 0 Å². The number of carbonyl (C=O) groups is 1. The van der Waals surface area contributed by atoms with Crippen molar-refractivity contribution in [3.8, 4) is 11.5 Å². The van der Waals surface area contributed by atoms with Gasteiger partial charge in [0.15, 0.2) is 12.3 Å². The molecular weight excluding hydrogens is 332 g/mol. The van der Waals surface area contributed by atoms with Gasteiger partial charge in [-0.25, -0.2) is 4.98 Å². The lowest BCUT2D eigenvalue weighted by atomic mass is 10.1. The maximum absolute atomic E-state index is 12.1. The van der Waals surface area contributed by atoms with Crippen molar-refractivity contribution in [3.63, 3.8) is 0 Å². The van der Waals surface area contributed by atoms with Crippen LogP contribution in [0.1, 0.15) is 37.2 Å². The summed E-state index contributed by atoms with van der Waals surface area (Å²) in [5.41, 5.74) is -0.0967. The first-order valence-corrected chi connectivity index (χ1v) is 8.31. The summed E-state index contributed by atoms with van der Waals surface area (Å²) >= 11 is 0. The Bertz CT molecular complexity index is 925. The van der Waals surface area contributed by atoms with E-state index in [1.165, 1.54) is 6.26 Å². The van der Waals surface area contributed by atoms with Gasteiger partial charge in [0.25, 0.3) is 5.91 Å². The lowest BCUT2D eigenvalue weighted by Gasteiger charge is -2.19. The Labute approximate surface area is 152 Å². The molecule has 136 valence electrons. The molecule has 0 radical (unpaired) electrons. The highest BCUT2D eigenvalue weighted by Crippen LogP contribution is 2.25. The molecule has 0 fully saturated rings. The highest BCUT2D eigenvalue weighted by molar-refractivity contribution is 5.92. The molecule has 26 heavy (non-hydrogen) atoms. The molecule has 0 spiro atoms. The average Bonchev–Trinajstić information content (AvgIpc) is 3.07. The van der Waals surface area contributed by atoms with Gasteiger partial charge in [0, 0.05) is 5.54 Å². The van der Waals surface area contributed by atoms with Crippen molar-refractivity contribution in [2.24, 2.45) is 0 Å². The van der Waals surface area contributed by atoms with Crippen LogP contribution in [-0.2, 0) is 6.61 Å². The summed E-state index contributed by atoms with van der Waals surface area (Å²) in [5, 5.41) is 4.95. The Morgan fingerprint density at radius 2 is 1.81 bits per heavy atom. The number of fused-ring (bicyclic) bond motifs is 1. The number of hydrogen-bond acceptors (Lipinski definition) is 5. The number of hydrogen-bond donors (Lipinski definition) is 1. The van der Waals surface area contributed by atoms with Crippen LogP contribution < -0.4 is 14.8 Å². The van der Waals surface area contributed by atoms with Gasteiger partial charge in [-0.2, -0.15) is 0 Å². The van der Waals surface area contributed by atoms with E-state index in [4.69, 9.17) is 13.9 Å². The number of oxazole rings is 1. The fourth-order valence-corrected chi connectivity index (χ4v) is 2.45. The van der Waals surface area contributed by atoms with Gasteiger partial charge >= 0.3 is 0 Å². The summed E-state index contributed by atoms with van der Waals surface area (Å²) in [6, 6.07) is 11.6. The van der Waals surface area contributed by atoms with Crippen LogP contribution in [0.3, 0.4) is 0 Å². The van der Waals surface area contributed by atoms with Crippen LogP contribution in [0.25, 0.3) is 10.8 Å². The number of ether oxygens (including phenoxy) is 2. The Balaban J connectivity index is 1.67. The van der Waals surface area contributed by atoms with Crippen LogP contribution in [-0.4, -0.2) is 23.5 Å². The first-order chi connectivity index (χ1) is 12.3. The van der Waals surface area contributed by atoms with Gasteiger partial charge < -0.3 is 19.2 Å². The largest absolute Gasteiger partial charge is 0.497 e. The van der Waals surface area contributed by atoms with E-state index in [-0.39, 0.29) is 23.7 Å². The molecule has 0 atom stereocenters. The van der Waals surface area contributed by atoms with E-state index in [1.54, 1.807) is 7.11 Å². The maximum atomic E-state index is 12.1. The van der Waals surface area contributed by atoms with E-state index in [9.17, 15) is 4.79 Å². The van der Waals surface area contributed by atoms with E-state index in [0.29, 0.717) is 11.6 Å². The standard InChI is InChI=1S/C20H22N2O4/c1-20(2,3)22-19(23)17-11-26-18(21-17)12-25-16-8-6-13-5-7-15(24-4)9-14(13)10-16/h5-11H,12H2,1-4H3,(H,22,23). The summed E-state index contributed by atoms with van der Waals surface area (Å²) in [6.45, 7) is 5.86. The lowest BCUT2D eigenvalue weighted by molar-refractivity contribution is 0.0914. The molecule has 1 aromatic heterocycles. The fourth-order valence-electron chi connectivity index (χ4n) is 2.45. The Morgan fingerprint density at radius 3 is 2.50 bits per heavy atom. The third kappa shape index (κ3) is 4.33. The summed E-state index contributed by atoms with van der Waals surface area (Å²) in [6.07, 6.45) is 1.34. The van der Waals surface area contributed by atoms with E-state index < -0.39 is 0 Å². The molecule has 1 amide bonds. The maximum Gasteiger partial charge on any atom is 0.273 e. The number of methoxy groups -OCH3 is 1. The highest BCUT2D eigenvalue weighted by Gasteiger charge is 2.18. The predicted molar refractivity (Wildman–Crippen MR) is 98.6 cm³/mol. The number of rotatable bonds is 5. The molecule has 0 aliphatic carbocycles. The van der Waals surface area contributed by atoms with Crippen LogP contribution >= 0.6 is 0 Å². The first kappa shape index (κ1) is 17.8. The van der Waals surface area contributed by atoms with Crippen LogP contribution in [0.15, 0.2) is 47.1 Å². The van der Waals surface area contributed by atoms with E-state index in [2.05, 4.69) is 10.3 Å². The molecule has 2 aromatic carbocycles. The molecule has 3 rings (SSSR count). The third-order valence-corrected chi connectivity index (χ3v) is 3.65. The molecule has 6 nitrogen and oxygen atoms in total. The quantitative estimate of drug-likeness (QED) is 0.751. The summed E-state index contributed by atoms with van der Waals surface area (Å²) in [5.74, 6) is 1.54. The number of carbonyl (C=O) groups excluding carboxylic acids is 1. The second-order valence-corrected chi connectivity index (χ2v) is 6.99. The zero-order valence-corrected chi connectivity index (χ0v) is 15.3. The summed E-state index contributed by atoms with van der Waals surface area (Å²) < 4.78 is 16.3. The zero-order chi connectivity index (χ0) is 18.7. The van der Waals surface area contributed by atoms with Gasteiger partial charge in [-0.05, 0) is 55.8 Å². The predicted octanol–water partition coefficient (Wildman–Crippen LogP) is 3.94. The first-order valence-electron chi connectivity index (χ1n) is 8.31. The van der Waals surface area contributed by atoms with Crippen LogP contribution in [0.5, 0.6) is 11.5 Å². The van der Waals surface area contributed by atoms with E-state index >= 15 is 0 Å². The van der Waals surface area contributed by atoms with Crippen molar-refractivity contribution in [2.75, 3.05) is 7.11 Å². The molecule has 0 bridgehead atoms. The minimum atomic E-state index is -0.334. The highest BCUT2D eigenvalue weighted by atomic mass is 16.5. The molecular formula is C20H22N2O4. The molecule has 3 aromatic rings. The number of benzene rings is 2. The Kier molecular flexibility index (Phi) is 4.84. The number of aromatic nitrogens is 1. The van der Waals surface area contributed by atoms with Crippen LogP contribution in [0.4, 0.5) is 0 Å². The third-order valence-electron chi connectivity index (χ3n) is 3.65. The van der Waals surface area contributed by atoms with E-state index in [0.717, 1.165) is 16.5 Å². The number of nitrogens with one attached hydrogen (secondary N) is 1. The van der Waals surface area contributed by atoms with Gasteiger partial charge in [0.2, 0.25) is 5.89 Å². The lowest BCUT2D eigenvalue weighted by Crippen LogP contribution is -2.40. The van der Waals surface area contributed by atoms with Crippen molar-refractivity contribution in [3.05, 3.63) is 54.2 Å². The molecule has 0 unspecified atom stereocenters. The summed E-state index contributed by atoms with van der Waals surface area (Å²) in [4.78, 5) is 16.2. The van der Waals surface area contributed by atoms with E-state index in [1.807, 2.05) is 57.2 Å². The molecule has 0 saturated heterocycles. The SMILES string of the molecule is COc1ccc2ccc(OCc3nc(C(=O)NC(C)(C)C)co3)cc2c1. The van der Waals surface area contributed by atoms with Gasteiger partial charge in [-0.3, -0.25) is 4.79 Å². The molecule has 0 saturated carbocycles. The van der Waals surface area contributed by atoms with Crippen LogP contribution in [0, 0.1) is 0 Å². The Morgan fingerprint density at radius 1 is 1.12 bits per heavy atom. The van der Waals surface area contributed by atoms with Gasteiger partial charge in [0.1, 0.15) is 17.8 Å². The normalized spacial score (nSPS) is 11.4. The molecule has 0 aliphatic heterocycles. The topological polar surface area (TPSA) is 73.6 Å². The second kappa shape index (κ2) is 7.07. The second-order valence-electron chi connectivity index (χ2n) is 6.99. The van der Waals surface area contributed by atoms with Crippen molar-refractivity contribution < 1.29 is 18.7 Å². The van der Waals surface area contributed by atoms with Crippen molar-refractivity contribution in [2.45, 2.75) is 32.9 Å². The monoisotopic (exact) mass is 354 g/mol. The van der Waals surface area contributed by atoms with Gasteiger partial charge in [0.05, 0.1) is 7.11 Å². The Hall–Kier alpha value is -3.02. The minimum absolute atomic E-state index is 0.137. The molecule has 1 N–H and O–H groups in total. The zero-order valence-electron chi connectivity index (χ0n) is 15.3.